The molecule has 0 unspecified atom stereocenters. The summed E-state index contributed by atoms with van der Waals surface area (Å²) in [6.07, 6.45) is -4.61. The molecule has 0 saturated heterocycles. The van der Waals surface area contributed by atoms with Crippen molar-refractivity contribution in [3.63, 3.8) is 0 Å². The van der Waals surface area contributed by atoms with E-state index in [2.05, 4.69) is 5.10 Å². The number of aryl methyl sites for hydroxylation is 1. The smallest absolute Gasteiger partial charge is 0.255 e. The van der Waals surface area contributed by atoms with E-state index in [-0.39, 0.29) is 16.3 Å². The molecule has 0 bridgehead atoms. The molecule has 0 fully saturated rings. The average Bonchev–Trinajstić information content (AvgIpc) is 3.17. The molecule has 1 heterocycles. The number of rotatable bonds is 3. The second-order valence-electron chi connectivity index (χ2n) is 5.73. The average molecular weight is 449 g/mol. The Morgan fingerprint density at radius 3 is 1.83 bits per heavy atom. The van der Waals surface area contributed by atoms with Crippen LogP contribution in [0.1, 0.15) is 11.3 Å². The number of halogens is 5. The molecule has 0 aliphatic carbocycles. The van der Waals surface area contributed by atoms with Crippen molar-refractivity contribution in [3.8, 4) is 16.9 Å². The largest absolute Gasteiger partial charge is 0.435 e. The molecule has 0 aliphatic rings. The van der Waals surface area contributed by atoms with E-state index in [1.54, 1.807) is 24.3 Å². The van der Waals surface area contributed by atoms with Gasteiger partial charge in [0, 0.05) is 5.56 Å². The number of sulfonamides is 1. The maximum absolute atomic E-state index is 13.1. The summed E-state index contributed by atoms with van der Waals surface area (Å²) < 4.78 is 82.2. The van der Waals surface area contributed by atoms with Crippen LogP contribution in [0.25, 0.3) is 16.9 Å². The Bertz CT molecular complexity index is 1050. The number of aromatic nitrogens is 2. The highest BCUT2D eigenvalue weighted by Gasteiger charge is 2.35. The first-order chi connectivity index (χ1) is 14.1. The van der Waals surface area contributed by atoms with Gasteiger partial charge in [-0.1, -0.05) is 29.8 Å². The van der Waals surface area contributed by atoms with Crippen LogP contribution in [0.15, 0.2) is 59.5 Å². The van der Waals surface area contributed by atoms with Gasteiger partial charge >= 0.3 is 6.18 Å². The lowest BCUT2D eigenvalue weighted by molar-refractivity contribution is -0.141. The maximum Gasteiger partial charge on any atom is 0.435 e. The van der Waals surface area contributed by atoms with Gasteiger partial charge in [-0.3, -0.25) is 8.78 Å². The molecule has 11 heteroatoms. The Morgan fingerprint density at radius 1 is 0.900 bits per heavy atom. The lowest BCUT2D eigenvalue weighted by Gasteiger charge is -2.09. The predicted molar refractivity (Wildman–Crippen MR) is 104 cm³/mol. The van der Waals surface area contributed by atoms with Gasteiger partial charge < -0.3 is 0 Å². The zero-order valence-corrected chi connectivity index (χ0v) is 17.1. The van der Waals surface area contributed by atoms with Crippen molar-refractivity contribution in [2.24, 2.45) is 5.14 Å². The number of hydrogen-bond acceptors (Lipinski definition) is 3. The number of nitrogens with two attached hydrogens (primary N) is 1. The molecule has 5 nitrogen and oxygen atoms in total. The minimum absolute atomic E-state index is 0.138. The third kappa shape index (κ3) is 6.10. The Hall–Kier alpha value is -2.79. The van der Waals surface area contributed by atoms with Crippen LogP contribution in [0.4, 0.5) is 22.0 Å². The minimum Gasteiger partial charge on any atom is -0.255 e. The van der Waals surface area contributed by atoms with Crippen LogP contribution in [0.2, 0.25) is 0 Å². The van der Waals surface area contributed by atoms with Crippen LogP contribution >= 0.6 is 0 Å². The van der Waals surface area contributed by atoms with Gasteiger partial charge in [-0.25, -0.2) is 18.2 Å². The SMILES string of the molecule is CF.CF.Cc1ccc(-c2cc(C(F)(F)F)nn2-c2ccc(S(N)(=O)=O)cc2)cc1. The number of primary sulfonamides is 1. The van der Waals surface area contributed by atoms with E-state index in [9.17, 15) is 30.4 Å². The number of hydrogen-bond donors (Lipinski definition) is 1. The molecule has 0 aliphatic heterocycles. The molecule has 3 aromatic rings. The van der Waals surface area contributed by atoms with E-state index < -0.39 is 21.9 Å². The normalized spacial score (nSPS) is 11.1. The topological polar surface area (TPSA) is 78.0 Å². The van der Waals surface area contributed by atoms with Gasteiger partial charge in [0.15, 0.2) is 5.69 Å². The molecule has 0 atom stereocenters. The summed E-state index contributed by atoms with van der Waals surface area (Å²) in [5, 5.41) is 8.70. The van der Waals surface area contributed by atoms with Gasteiger partial charge in [-0.15, -0.1) is 0 Å². The van der Waals surface area contributed by atoms with Gasteiger partial charge in [0.25, 0.3) is 0 Å². The van der Waals surface area contributed by atoms with Crippen LogP contribution in [-0.2, 0) is 16.2 Å². The van der Waals surface area contributed by atoms with Crippen molar-refractivity contribution in [1.82, 2.24) is 9.78 Å². The fraction of sp³-hybridized carbons (Fsp3) is 0.211. The fourth-order valence-corrected chi connectivity index (χ4v) is 2.94. The van der Waals surface area contributed by atoms with Crippen LogP contribution < -0.4 is 5.14 Å². The molecular weight excluding hydrogens is 429 g/mol. The van der Waals surface area contributed by atoms with E-state index >= 15 is 0 Å². The monoisotopic (exact) mass is 449 g/mol. The molecule has 2 aromatic carbocycles. The predicted octanol–water partition coefficient (Wildman–Crippen LogP) is 4.69. The summed E-state index contributed by atoms with van der Waals surface area (Å²) in [5.41, 5.74) is 0.996. The number of nitrogens with zero attached hydrogens (tertiary/aromatic N) is 2. The first kappa shape index (κ1) is 25.2. The van der Waals surface area contributed by atoms with Crippen LogP contribution in [0, 0.1) is 6.92 Å². The van der Waals surface area contributed by atoms with Crippen molar-refractivity contribution in [2.45, 2.75) is 18.0 Å². The van der Waals surface area contributed by atoms with E-state index in [1.807, 2.05) is 6.92 Å². The molecule has 30 heavy (non-hydrogen) atoms. The third-order valence-corrected chi connectivity index (χ3v) is 4.69. The highest BCUT2D eigenvalue weighted by Crippen LogP contribution is 2.33. The van der Waals surface area contributed by atoms with E-state index in [1.165, 1.54) is 24.3 Å². The molecule has 0 saturated carbocycles. The van der Waals surface area contributed by atoms with Gasteiger partial charge in [0.05, 0.1) is 30.6 Å². The van der Waals surface area contributed by atoms with Gasteiger partial charge in [-0.05, 0) is 37.3 Å². The molecule has 0 spiro atoms. The Labute approximate surface area is 171 Å². The standard InChI is InChI=1S/C17H14F3N3O2S.2CH3F/c1-11-2-4-12(5-3-11)15-10-16(17(18,19)20)22-23(15)13-6-8-14(9-7-13)26(21,24)25;2*1-2/h2-10H,1H3,(H2,21,24,25);2*1H3. The molecular formula is C19H20F5N3O2S. The summed E-state index contributed by atoms with van der Waals surface area (Å²) in [5.74, 6) is 0. The van der Waals surface area contributed by atoms with Gasteiger partial charge in [-0.2, -0.15) is 18.3 Å². The van der Waals surface area contributed by atoms with E-state index in [4.69, 9.17) is 5.14 Å². The Kier molecular flexibility index (Phi) is 8.67. The van der Waals surface area contributed by atoms with E-state index in [0.29, 0.717) is 19.9 Å². The highest BCUT2D eigenvalue weighted by atomic mass is 32.2. The second-order valence-corrected chi connectivity index (χ2v) is 7.29. The number of alkyl halides is 5. The second kappa shape index (κ2) is 10.3. The molecule has 2 N–H and O–H groups in total. The first-order valence-corrected chi connectivity index (χ1v) is 9.73. The van der Waals surface area contributed by atoms with Crippen molar-refractivity contribution in [1.29, 1.82) is 0 Å². The van der Waals surface area contributed by atoms with Crippen LogP contribution in [0.3, 0.4) is 0 Å². The molecule has 0 radical (unpaired) electrons. The van der Waals surface area contributed by atoms with Crippen molar-refractivity contribution >= 4 is 10.0 Å². The number of benzene rings is 2. The van der Waals surface area contributed by atoms with Crippen LogP contribution in [0.5, 0.6) is 0 Å². The Balaban J connectivity index is 0.00000106. The summed E-state index contributed by atoms with van der Waals surface area (Å²) in [4.78, 5) is -0.138. The molecule has 164 valence electrons. The fourth-order valence-electron chi connectivity index (χ4n) is 2.42. The summed E-state index contributed by atoms with van der Waals surface area (Å²) in [7, 11) is -2.90. The highest BCUT2D eigenvalue weighted by molar-refractivity contribution is 7.89. The zero-order valence-electron chi connectivity index (χ0n) is 16.3. The van der Waals surface area contributed by atoms with Crippen LogP contribution in [-0.4, -0.2) is 32.6 Å². The summed E-state index contributed by atoms with van der Waals surface area (Å²) in [6.45, 7) is 1.87. The van der Waals surface area contributed by atoms with Gasteiger partial charge in [0.1, 0.15) is 0 Å². The third-order valence-electron chi connectivity index (χ3n) is 3.76. The first-order valence-electron chi connectivity index (χ1n) is 8.19. The minimum atomic E-state index is -4.61. The van der Waals surface area contributed by atoms with Gasteiger partial charge in [0.2, 0.25) is 10.0 Å². The van der Waals surface area contributed by atoms with Crippen molar-refractivity contribution in [3.05, 3.63) is 65.9 Å². The summed E-state index contributed by atoms with van der Waals surface area (Å²) in [6, 6.07) is 13.1. The van der Waals surface area contributed by atoms with Crippen molar-refractivity contribution in [2.75, 3.05) is 14.4 Å². The maximum atomic E-state index is 13.1. The summed E-state index contributed by atoms with van der Waals surface area (Å²) >= 11 is 0. The quantitative estimate of drug-likeness (QED) is 0.590. The molecule has 0 amide bonds. The van der Waals surface area contributed by atoms with E-state index in [0.717, 1.165) is 16.3 Å². The Morgan fingerprint density at radius 2 is 1.40 bits per heavy atom. The molecule has 3 rings (SSSR count). The van der Waals surface area contributed by atoms with Crippen molar-refractivity contribution < 1.29 is 30.4 Å². The molecule has 1 aromatic heterocycles. The lowest BCUT2D eigenvalue weighted by atomic mass is 10.1. The lowest BCUT2D eigenvalue weighted by Crippen LogP contribution is -2.12. The zero-order chi connectivity index (χ0) is 23.1.